The van der Waals surface area contributed by atoms with Crippen molar-refractivity contribution in [1.82, 2.24) is 5.32 Å². The Balaban J connectivity index is 2.72. The van der Waals surface area contributed by atoms with Gasteiger partial charge in [-0.3, -0.25) is 0 Å². The van der Waals surface area contributed by atoms with E-state index in [1.54, 1.807) is 12.1 Å². The molecule has 1 aromatic carbocycles. The van der Waals surface area contributed by atoms with Crippen LogP contribution in [0.2, 0.25) is 10.0 Å². The molecule has 2 amide bonds. The molecule has 0 radical (unpaired) electrons. The van der Waals surface area contributed by atoms with E-state index in [1.807, 2.05) is 6.92 Å². The summed E-state index contributed by atoms with van der Waals surface area (Å²) in [4.78, 5) is 22.9. The number of urea groups is 1. The standard InChI is InChI=1S/C13H15BrCl2N2O3/c1-2-3-4-9(12(19)20)18-13(21)17-8-6-5-7(14)10(15)11(8)16/h5-6,9H,2-4H2,1H3,(H,19,20)(H2,17,18,21)/t9-/m0/s1. The van der Waals surface area contributed by atoms with Gasteiger partial charge < -0.3 is 15.7 Å². The van der Waals surface area contributed by atoms with Gasteiger partial charge in [-0.2, -0.15) is 0 Å². The third kappa shape index (κ3) is 5.37. The van der Waals surface area contributed by atoms with Gasteiger partial charge in [0.1, 0.15) is 6.04 Å². The van der Waals surface area contributed by atoms with Crippen LogP contribution in [0.1, 0.15) is 26.2 Å². The average Bonchev–Trinajstić information content (AvgIpc) is 2.43. The van der Waals surface area contributed by atoms with Crippen LogP contribution < -0.4 is 10.6 Å². The van der Waals surface area contributed by atoms with Gasteiger partial charge in [-0.05, 0) is 34.5 Å². The molecule has 3 N–H and O–H groups in total. The minimum Gasteiger partial charge on any atom is -0.480 e. The number of carbonyl (C=O) groups excluding carboxylic acids is 1. The average molecular weight is 398 g/mol. The first kappa shape index (κ1) is 18.1. The van der Waals surface area contributed by atoms with E-state index in [1.165, 1.54) is 0 Å². The number of carboxylic acids is 1. The number of nitrogens with one attached hydrogen (secondary N) is 2. The van der Waals surface area contributed by atoms with Crippen LogP contribution in [0.15, 0.2) is 16.6 Å². The normalized spacial score (nSPS) is 11.8. The smallest absolute Gasteiger partial charge is 0.326 e. The molecular formula is C13H15BrCl2N2O3. The predicted molar refractivity (Wildman–Crippen MR) is 87.3 cm³/mol. The fraction of sp³-hybridized carbons (Fsp3) is 0.385. The van der Waals surface area contributed by atoms with Crippen LogP contribution in [0, 0.1) is 0 Å². The van der Waals surface area contributed by atoms with Crippen molar-refractivity contribution in [2.24, 2.45) is 0 Å². The molecule has 0 spiro atoms. The Morgan fingerprint density at radius 2 is 2.00 bits per heavy atom. The minimum absolute atomic E-state index is 0.182. The monoisotopic (exact) mass is 396 g/mol. The van der Waals surface area contributed by atoms with E-state index in [2.05, 4.69) is 26.6 Å². The number of hydrogen-bond acceptors (Lipinski definition) is 2. The van der Waals surface area contributed by atoms with E-state index in [0.717, 1.165) is 6.42 Å². The number of benzene rings is 1. The Morgan fingerprint density at radius 1 is 1.33 bits per heavy atom. The molecule has 21 heavy (non-hydrogen) atoms. The largest absolute Gasteiger partial charge is 0.480 e. The number of amides is 2. The molecule has 8 heteroatoms. The zero-order chi connectivity index (χ0) is 16.0. The maximum Gasteiger partial charge on any atom is 0.326 e. The second-order valence-electron chi connectivity index (χ2n) is 4.35. The maximum absolute atomic E-state index is 11.8. The highest BCUT2D eigenvalue weighted by Crippen LogP contribution is 2.35. The molecule has 116 valence electrons. The second-order valence-corrected chi connectivity index (χ2v) is 5.96. The summed E-state index contributed by atoms with van der Waals surface area (Å²) in [5, 5.41) is 14.4. The lowest BCUT2D eigenvalue weighted by Gasteiger charge is -2.15. The van der Waals surface area contributed by atoms with Gasteiger partial charge in [-0.15, -0.1) is 0 Å². The Bertz CT molecular complexity index is 540. The summed E-state index contributed by atoms with van der Waals surface area (Å²) >= 11 is 15.2. The fourth-order valence-electron chi connectivity index (χ4n) is 1.60. The number of anilines is 1. The molecule has 0 saturated carbocycles. The van der Waals surface area contributed by atoms with Gasteiger partial charge in [0.2, 0.25) is 0 Å². The predicted octanol–water partition coefficient (Wildman–Crippen LogP) is 4.52. The Morgan fingerprint density at radius 3 is 2.57 bits per heavy atom. The van der Waals surface area contributed by atoms with Crippen LogP contribution >= 0.6 is 39.1 Å². The van der Waals surface area contributed by atoms with Crippen LogP contribution in [0.4, 0.5) is 10.5 Å². The van der Waals surface area contributed by atoms with E-state index in [0.29, 0.717) is 23.0 Å². The summed E-state index contributed by atoms with van der Waals surface area (Å²) in [5.74, 6) is -1.07. The van der Waals surface area contributed by atoms with Crippen molar-refractivity contribution in [2.45, 2.75) is 32.2 Å². The third-order valence-corrected chi connectivity index (χ3v) is 4.50. The number of carbonyl (C=O) groups is 2. The molecule has 1 aromatic rings. The van der Waals surface area contributed by atoms with Crippen molar-refractivity contribution in [3.63, 3.8) is 0 Å². The maximum atomic E-state index is 11.8. The highest BCUT2D eigenvalue weighted by Gasteiger charge is 2.20. The van der Waals surface area contributed by atoms with E-state index in [-0.39, 0.29) is 10.0 Å². The minimum atomic E-state index is -1.07. The van der Waals surface area contributed by atoms with E-state index in [4.69, 9.17) is 28.3 Å². The SMILES string of the molecule is CCCC[C@H](NC(=O)Nc1ccc(Br)c(Cl)c1Cl)C(=O)O. The van der Waals surface area contributed by atoms with Crippen molar-refractivity contribution in [2.75, 3.05) is 5.32 Å². The van der Waals surface area contributed by atoms with E-state index in [9.17, 15) is 9.59 Å². The van der Waals surface area contributed by atoms with Crippen LogP contribution in [0.25, 0.3) is 0 Å². The van der Waals surface area contributed by atoms with Crippen molar-refractivity contribution >= 4 is 56.8 Å². The molecule has 0 saturated heterocycles. The quantitative estimate of drug-likeness (QED) is 0.617. The first-order chi connectivity index (χ1) is 9.86. The molecule has 0 heterocycles. The van der Waals surface area contributed by atoms with Gasteiger partial charge in [0.15, 0.2) is 0 Å². The number of hydrogen-bond donors (Lipinski definition) is 3. The highest BCUT2D eigenvalue weighted by molar-refractivity contribution is 9.10. The summed E-state index contributed by atoms with van der Waals surface area (Å²) in [5.41, 5.74) is 0.307. The molecule has 0 aliphatic rings. The summed E-state index contributed by atoms with van der Waals surface area (Å²) in [6, 6.07) is 1.63. The first-order valence-electron chi connectivity index (χ1n) is 6.30. The van der Waals surface area contributed by atoms with Crippen molar-refractivity contribution in [3.05, 3.63) is 26.7 Å². The molecule has 0 fully saturated rings. The number of carboxylic acid groups (broad SMARTS) is 1. The summed E-state index contributed by atoms with van der Waals surface area (Å²) < 4.78 is 0.603. The number of halogens is 3. The molecule has 1 atom stereocenters. The molecule has 0 aliphatic heterocycles. The van der Waals surface area contributed by atoms with E-state index < -0.39 is 18.0 Å². The van der Waals surface area contributed by atoms with Gasteiger partial charge in [-0.1, -0.05) is 43.0 Å². The lowest BCUT2D eigenvalue weighted by molar-refractivity contribution is -0.139. The van der Waals surface area contributed by atoms with E-state index >= 15 is 0 Å². The molecule has 0 unspecified atom stereocenters. The Kier molecular flexibility index (Phi) is 7.28. The van der Waals surface area contributed by atoms with Crippen molar-refractivity contribution < 1.29 is 14.7 Å². The topological polar surface area (TPSA) is 78.4 Å². The molecule has 1 rings (SSSR count). The Labute approximate surface area is 141 Å². The van der Waals surface area contributed by atoms with Gasteiger partial charge in [0.05, 0.1) is 15.7 Å². The van der Waals surface area contributed by atoms with Crippen molar-refractivity contribution in [1.29, 1.82) is 0 Å². The molecule has 5 nitrogen and oxygen atoms in total. The lowest BCUT2D eigenvalue weighted by atomic mass is 10.1. The van der Waals surface area contributed by atoms with Crippen LogP contribution in [0.3, 0.4) is 0 Å². The molecule has 0 aliphatic carbocycles. The summed E-state index contributed by atoms with van der Waals surface area (Å²) in [7, 11) is 0. The van der Waals surface area contributed by atoms with Gasteiger partial charge in [0, 0.05) is 4.47 Å². The summed E-state index contributed by atoms with van der Waals surface area (Å²) in [6.45, 7) is 1.95. The zero-order valence-electron chi connectivity index (χ0n) is 11.3. The first-order valence-corrected chi connectivity index (χ1v) is 7.85. The van der Waals surface area contributed by atoms with Gasteiger partial charge >= 0.3 is 12.0 Å². The van der Waals surface area contributed by atoms with Crippen LogP contribution in [0.5, 0.6) is 0 Å². The second kappa shape index (κ2) is 8.46. The molecular weight excluding hydrogens is 383 g/mol. The van der Waals surface area contributed by atoms with Crippen LogP contribution in [-0.4, -0.2) is 23.1 Å². The Hall–Kier alpha value is -0.980. The van der Waals surface area contributed by atoms with Gasteiger partial charge in [-0.25, -0.2) is 9.59 Å². The molecule has 0 aromatic heterocycles. The lowest BCUT2D eigenvalue weighted by Crippen LogP contribution is -2.43. The summed E-state index contributed by atoms with van der Waals surface area (Å²) in [6.07, 6.45) is 1.93. The van der Waals surface area contributed by atoms with Gasteiger partial charge in [0.25, 0.3) is 0 Å². The van der Waals surface area contributed by atoms with Crippen molar-refractivity contribution in [3.8, 4) is 0 Å². The highest BCUT2D eigenvalue weighted by atomic mass is 79.9. The number of aliphatic carboxylic acids is 1. The van der Waals surface area contributed by atoms with Crippen LogP contribution in [-0.2, 0) is 4.79 Å². The number of unbranched alkanes of at least 4 members (excludes halogenated alkanes) is 1. The molecule has 0 bridgehead atoms. The fourth-order valence-corrected chi connectivity index (χ4v) is 2.43. The third-order valence-electron chi connectivity index (χ3n) is 2.73. The zero-order valence-corrected chi connectivity index (χ0v) is 14.3. The number of rotatable bonds is 6.